The number of rotatable bonds is 12. The van der Waals surface area contributed by atoms with E-state index in [2.05, 4.69) is 20.6 Å². The molecule has 0 fully saturated rings. The van der Waals surface area contributed by atoms with Crippen LogP contribution < -0.4 is 16.4 Å². The number of hydrogen-bond donors (Lipinski definition) is 6. The molecule has 0 spiro atoms. The third kappa shape index (κ3) is 7.95. The molecule has 3 unspecified atom stereocenters. The lowest BCUT2D eigenvalue weighted by atomic mass is 10.0. The molecule has 31 heavy (non-hydrogen) atoms. The van der Waals surface area contributed by atoms with Crippen LogP contribution in [0.4, 0.5) is 0 Å². The Morgan fingerprint density at radius 1 is 1.13 bits per heavy atom. The van der Waals surface area contributed by atoms with Gasteiger partial charge in [-0.25, -0.2) is 9.78 Å². The van der Waals surface area contributed by atoms with Crippen molar-refractivity contribution in [1.82, 2.24) is 20.6 Å². The normalized spacial score (nSPS) is 13.7. The van der Waals surface area contributed by atoms with Gasteiger partial charge in [-0.1, -0.05) is 12.1 Å². The molecule has 0 aliphatic heterocycles. The summed E-state index contributed by atoms with van der Waals surface area (Å²) in [5.41, 5.74) is 7.26. The Morgan fingerprint density at radius 3 is 2.39 bits per heavy atom. The van der Waals surface area contributed by atoms with Crippen LogP contribution in [0.15, 0.2) is 36.8 Å². The lowest BCUT2D eigenvalue weighted by molar-refractivity contribution is -0.142. The standard InChI is InChI=1S/C20H27N5O5S/c1-31-7-6-16(24-18(27)15(21)9-13-10-22-11-23-13)19(28)25-17(20(29)30)8-12-2-4-14(26)5-3-12/h2-5,10-11,15-17,26H,6-9,21H2,1H3,(H,22,23)(H,24,27)(H,25,28)(H,29,30). The number of thioether (sulfide) groups is 1. The lowest BCUT2D eigenvalue weighted by Crippen LogP contribution is -2.55. The van der Waals surface area contributed by atoms with Crippen molar-refractivity contribution in [1.29, 1.82) is 0 Å². The number of phenols is 1. The molecule has 1 aromatic heterocycles. The van der Waals surface area contributed by atoms with Crippen LogP contribution >= 0.6 is 11.8 Å². The van der Waals surface area contributed by atoms with Crippen LogP contribution in [0.1, 0.15) is 17.7 Å². The summed E-state index contributed by atoms with van der Waals surface area (Å²) in [6.07, 6.45) is 5.48. The smallest absolute Gasteiger partial charge is 0.326 e. The number of imidazole rings is 1. The van der Waals surface area contributed by atoms with E-state index < -0.39 is 35.9 Å². The van der Waals surface area contributed by atoms with E-state index >= 15 is 0 Å². The maximum atomic E-state index is 12.8. The van der Waals surface area contributed by atoms with Crippen LogP contribution in [0.25, 0.3) is 0 Å². The Morgan fingerprint density at radius 2 is 1.81 bits per heavy atom. The van der Waals surface area contributed by atoms with Gasteiger partial charge in [0.05, 0.1) is 12.4 Å². The highest BCUT2D eigenvalue weighted by Gasteiger charge is 2.28. The molecule has 2 amide bonds. The fourth-order valence-electron chi connectivity index (χ4n) is 2.85. The molecule has 2 rings (SSSR count). The number of amides is 2. The molecule has 0 radical (unpaired) electrons. The maximum absolute atomic E-state index is 12.8. The number of aromatic hydroxyl groups is 1. The number of carboxylic acid groups (broad SMARTS) is 1. The van der Waals surface area contributed by atoms with Gasteiger partial charge >= 0.3 is 5.97 Å². The van der Waals surface area contributed by atoms with Gasteiger partial charge in [0.25, 0.3) is 0 Å². The molecule has 168 valence electrons. The number of carbonyl (C=O) groups excluding carboxylic acids is 2. The van der Waals surface area contributed by atoms with Crippen LogP contribution in [0.3, 0.4) is 0 Å². The second-order valence-corrected chi connectivity index (χ2v) is 7.99. The van der Waals surface area contributed by atoms with Gasteiger partial charge in [-0.3, -0.25) is 9.59 Å². The Hall–Kier alpha value is -3.05. The molecule has 11 heteroatoms. The van der Waals surface area contributed by atoms with E-state index in [9.17, 15) is 24.6 Å². The number of hydrogen-bond acceptors (Lipinski definition) is 7. The number of H-pyrrole nitrogens is 1. The number of aromatic nitrogens is 2. The predicted molar refractivity (Wildman–Crippen MR) is 117 cm³/mol. The molecule has 7 N–H and O–H groups in total. The van der Waals surface area contributed by atoms with Crippen molar-refractivity contribution in [3.05, 3.63) is 48.0 Å². The van der Waals surface area contributed by atoms with Crippen molar-refractivity contribution in [2.24, 2.45) is 5.73 Å². The summed E-state index contributed by atoms with van der Waals surface area (Å²) >= 11 is 1.50. The van der Waals surface area contributed by atoms with Crippen LogP contribution in [-0.4, -0.2) is 68.1 Å². The number of nitrogens with one attached hydrogen (secondary N) is 3. The molecular weight excluding hydrogens is 422 g/mol. The molecule has 0 bridgehead atoms. The van der Waals surface area contributed by atoms with Crippen molar-refractivity contribution >= 4 is 29.5 Å². The SMILES string of the molecule is CSCCC(NC(=O)C(N)Cc1cnc[nH]1)C(=O)NC(Cc1ccc(O)cc1)C(=O)O. The Labute approximate surface area is 184 Å². The second kappa shape index (κ2) is 12.0. The molecule has 3 atom stereocenters. The molecule has 0 aliphatic carbocycles. The molecule has 0 aliphatic rings. The van der Waals surface area contributed by atoms with Gasteiger partial charge in [-0.15, -0.1) is 0 Å². The zero-order chi connectivity index (χ0) is 22.8. The third-order valence-electron chi connectivity index (χ3n) is 4.57. The Balaban J connectivity index is 2.02. The second-order valence-electron chi connectivity index (χ2n) is 7.00. The number of nitrogens with two attached hydrogens (primary N) is 1. The van der Waals surface area contributed by atoms with Gasteiger partial charge in [-0.2, -0.15) is 11.8 Å². The molecule has 1 heterocycles. The van der Waals surface area contributed by atoms with Crippen molar-refractivity contribution in [3.8, 4) is 5.75 Å². The first kappa shape index (κ1) is 24.2. The van der Waals surface area contributed by atoms with Crippen molar-refractivity contribution in [3.63, 3.8) is 0 Å². The van der Waals surface area contributed by atoms with E-state index in [0.29, 0.717) is 23.4 Å². The van der Waals surface area contributed by atoms with E-state index in [1.807, 2.05) is 6.26 Å². The minimum absolute atomic E-state index is 0.0316. The first-order valence-corrected chi connectivity index (χ1v) is 11.0. The quantitative estimate of drug-likeness (QED) is 0.264. The molecule has 0 saturated heterocycles. The van der Waals surface area contributed by atoms with Crippen molar-refractivity contribution in [2.45, 2.75) is 37.4 Å². The van der Waals surface area contributed by atoms with Crippen molar-refractivity contribution < 1.29 is 24.6 Å². The third-order valence-corrected chi connectivity index (χ3v) is 5.21. The van der Waals surface area contributed by atoms with E-state index in [1.54, 1.807) is 18.3 Å². The van der Waals surface area contributed by atoms with Crippen LogP contribution in [0.2, 0.25) is 0 Å². The summed E-state index contributed by atoms with van der Waals surface area (Å²) in [7, 11) is 0. The fraction of sp³-hybridized carbons (Fsp3) is 0.400. The number of nitrogens with zero attached hydrogens (tertiary/aromatic N) is 1. The minimum atomic E-state index is -1.20. The topological polar surface area (TPSA) is 170 Å². The van der Waals surface area contributed by atoms with Gasteiger partial charge in [0.15, 0.2) is 0 Å². The van der Waals surface area contributed by atoms with Gasteiger partial charge in [0.1, 0.15) is 17.8 Å². The highest BCUT2D eigenvalue weighted by atomic mass is 32.2. The molecular formula is C20H27N5O5S. The average molecular weight is 450 g/mol. The number of benzene rings is 1. The zero-order valence-corrected chi connectivity index (χ0v) is 17.9. The van der Waals surface area contributed by atoms with E-state index in [1.165, 1.54) is 30.2 Å². The first-order valence-electron chi connectivity index (χ1n) is 9.63. The Bertz CT molecular complexity index is 859. The van der Waals surface area contributed by atoms with Crippen LogP contribution in [-0.2, 0) is 27.2 Å². The predicted octanol–water partition coefficient (Wildman–Crippen LogP) is 0.0351. The van der Waals surface area contributed by atoms with Gasteiger partial charge in [0, 0.05) is 24.7 Å². The first-order chi connectivity index (χ1) is 14.8. The minimum Gasteiger partial charge on any atom is -0.508 e. The Kier molecular flexibility index (Phi) is 9.35. The van der Waals surface area contributed by atoms with Crippen LogP contribution in [0.5, 0.6) is 5.75 Å². The summed E-state index contributed by atoms with van der Waals surface area (Å²) in [5.74, 6) is -1.66. The van der Waals surface area contributed by atoms with Crippen molar-refractivity contribution in [2.75, 3.05) is 12.0 Å². The average Bonchev–Trinajstić information content (AvgIpc) is 3.24. The highest BCUT2D eigenvalue weighted by molar-refractivity contribution is 7.98. The molecule has 0 saturated carbocycles. The summed E-state index contributed by atoms with van der Waals surface area (Å²) in [6, 6.07) is 3.05. The number of carboxylic acids is 1. The highest BCUT2D eigenvalue weighted by Crippen LogP contribution is 2.12. The van der Waals surface area contributed by atoms with Gasteiger partial charge in [0.2, 0.25) is 11.8 Å². The summed E-state index contributed by atoms with van der Waals surface area (Å²) in [4.78, 5) is 43.7. The number of carbonyl (C=O) groups is 3. The number of phenolic OH excluding ortho intramolecular Hbond substituents is 1. The maximum Gasteiger partial charge on any atom is 0.326 e. The zero-order valence-electron chi connectivity index (χ0n) is 17.1. The fourth-order valence-corrected chi connectivity index (χ4v) is 3.32. The number of aliphatic carboxylic acids is 1. The van der Waals surface area contributed by atoms with E-state index in [0.717, 1.165) is 0 Å². The van der Waals surface area contributed by atoms with E-state index in [4.69, 9.17) is 5.73 Å². The van der Waals surface area contributed by atoms with E-state index in [-0.39, 0.29) is 18.6 Å². The lowest BCUT2D eigenvalue weighted by Gasteiger charge is -2.23. The molecule has 2 aromatic rings. The largest absolute Gasteiger partial charge is 0.508 e. The van der Waals surface area contributed by atoms with Gasteiger partial charge in [-0.05, 0) is 36.1 Å². The summed E-state index contributed by atoms with van der Waals surface area (Å²) in [5, 5.41) is 24.0. The number of aromatic amines is 1. The summed E-state index contributed by atoms with van der Waals surface area (Å²) in [6.45, 7) is 0. The monoisotopic (exact) mass is 449 g/mol. The van der Waals surface area contributed by atoms with Gasteiger partial charge < -0.3 is 31.6 Å². The molecule has 1 aromatic carbocycles. The summed E-state index contributed by atoms with van der Waals surface area (Å²) < 4.78 is 0. The van der Waals surface area contributed by atoms with Crippen LogP contribution in [0, 0.1) is 0 Å². The molecule has 10 nitrogen and oxygen atoms in total.